The van der Waals surface area contributed by atoms with Crippen molar-refractivity contribution in [2.45, 2.75) is 13.3 Å². The topological polar surface area (TPSA) is 90.9 Å². The molecule has 7 heteroatoms. The van der Waals surface area contributed by atoms with Gasteiger partial charge in [-0.05, 0) is 30.7 Å². The molecule has 1 N–H and O–H groups in total. The second-order valence-corrected chi connectivity index (χ2v) is 4.41. The highest BCUT2D eigenvalue weighted by atomic mass is 16.5. The first-order chi connectivity index (χ1) is 11.0. The van der Waals surface area contributed by atoms with E-state index in [1.54, 1.807) is 24.3 Å². The van der Waals surface area contributed by atoms with Gasteiger partial charge in [-0.1, -0.05) is 6.92 Å². The molecule has 1 aromatic rings. The van der Waals surface area contributed by atoms with Gasteiger partial charge in [0.25, 0.3) is 0 Å². The van der Waals surface area contributed by atoms with E-state index in [0.717, 1.165) is 12.5 Å². The Morgan fingerprint density at radius 2 is 1.74 bits per heavy atom. The van der Waals surface area contributed by atoms with Gasteiger partial charge in [-0.2, -0.15) is 0 Å². The van der Waals surface area contributed by atoms with Gasteiger partial charge < -0.3 is 19.5 Å². The minimum Gasteiger partial charge on any atom is -0.466 e. The maximum Gasteiger partial charge on any atom is 0.354 e. The number of carbonyl (C=O) groups is 3. The first-order valence-corrected chi connectivity index (χ1v) is 6.94. The molecular formula is C16H19NO6. The van der Waals surface area contributed by atoms with Crippen LogP contribution in [0.2, 0.25) is 0 Å². The summed E-state index contributed by atoms with van der Waals surface area (Å²) in [7, 11) is 2.40. The molecule has 7 nitrogen and oxygen atoms in total. The maximum atomic E-state index is 11.7. The summed E-state index contributed by atoms with van der Waals surface area (Å²) >= 11 is 0. The monoisotopic (exact) mass is 321 g/mol. The lowest BCUT2D eigenvalue weighted by Gasteiger charge is -2.09. The molecule has 0 atom stereocenters. The molecule has 0 bridgehead atoms. The van der Waals surface area contributed by atoms with E-state index in [1.807, 2.05) is 6.92 Å². The zero-order valence-electron chi connectivity index (χ0n) is 13.3. The van der Waals surface area contributed by atoms with Crippen LogP contribution in [0.5, 0.6) is 0 Å². The summed E-state index contributed by atoms with van der Waals surface area (Å²) in [5.74, 6) is -1.84. The molecule has 0 aromatic heterocycles. The highest BCUT2D eigenvalue weighted by Gasteiger charge is 2.13. The van der Waals surface area contributed by atoms with E-state index in [9.17, 15) is 14.4 Å². The Hall–Kier alpha value is -2.83. The smallest absolute Gasteiger partial charge is 0.354 e. The van der Waals surface area contributed by atoms with Crippen molar-refractivity contribution in [3.05, 3.63) is 41.6 Å². The Balaban J connectivity index is 2.85. The van der Waals surface area contributed by atoms with Crippen molar-refractivity contribution in [3.63, 3.8) is 0 Å². The summed E-state index contributed by atoms with van der Waals surface area (Å²) in [6, 6.07) is 6.26. The number of esters is 3. The average molecular weight is 321 g/mol. The third-order valence-electron chi connectivity index (χ3n) is 2.71. The Morgan fingerprint density at radius 1 is 1.09 bits per heavy atom. The maximum absolute atomic E-state index is 11.7. The first-order valence-electron chi connectivity index (χ1n) is 6.94. The molecule has 0 radical (unpaired) electrons. The summed E-state index contributed by atoms with van der Waals surface area (Å²) in [5.41, 5.74) is 0.804. The Kier molecular flexibility index (Phi) is 7.32. The zero-order chi connectivity index (χ0) is 17.2. The van der Waals surface area contributed by atoms with Crippen LogP contribution in [0.25, 0.3) is 0 Å². The Bertz CT molecular complexity index is 591. The van der Waals surface area contributed by atoms with E-state index >= 15 is 0 Å². The van der Waals surface area contributed by atoms with Crippen LogP contribution in [0.3, 0.4) is 0 Å². The highest BCUT2D eigenvalue weighted by molar-refractivity contribution is 5.98. The fourth-order valence-corrected chi connectivity index (χ4v) is 1.56. The lowest BCUT2D eigenvalue weighted by molar-refractivity contribution is -0.138. The number of benzene rings is 1. The van der Waals surface area contributed by atoms with Gasteiger partial charge in [0, 0.05) is 5.69 Å². The van der Waals surface area contributed by atoms with Crippen LogP contribution in [0.15, 0.2) is 36.0 Å². The van der Waals surface area contributed by atoms with E-state index in [0.29, 0.717) is 17.9 Å². The molecule has 0 aliphatic heterocycles. The quantitative estimate of drug-likeness (QED) is 0.466. The molecule has 0 spiro atoms. The molecule has 0 saturated heterocycles. The van der Waals surface area contributed by atoms with Crippen molar-refractivity contribution in [2.24, 2.45) is 0 Å². The van der Waals surface area contributed by atoms with E-state index in [1.165, 1.54) is 14.2 Å². The number of anilines is 1. The third kappa shape index (κ3) is 5.82. The molecule has 0 fully saturated rings. The molecule has 0 aliphatic carbocycles. The lowest BCUT2D eigenvalue weighted by atomic mass is 10.2. The normalized spacial score (nSPS) is 10.7. The molecule has 0 aliphatic rings. The zero-order valence-corrected chi connectivity index (χ0v) is 13.3. The minimum atomic E-state index is -0.721. The number of carbonyl (C=O) groups excluding carboxylic acids is 3. The number of hydrogen-bond donors (Lipinski definition) is 1. The lowest BCUT2D eigenvalue weighted by Crippen LogP contribution is -2.15. The van der Waals surface area contributed by atoms with E-state index in [4.69, 9.17) is 4.74 Å². The van der Waals surface area contributed by atoms with Crippen LogP contribution in [0.4, 0.5) is 5.69 Å². The Morgan fingerprint density at radius 3 is 2.26 bits per heavy atom. The number of ether oxygens (including phenoxy) is 3. The van der Waals surface area contributed by atoms with Gasteiger partial charge in [-0.3, -0.25) is 0 Å². The molecule has 0 amide bonds. The largest absolute Gasteiger partial charge is 0.466 e. The summed E-state index contributed by atoms with van der Waals surface area (Å²) in [6.45, 7) is 2.26. The van der Waals surface area contributed by atoms with Crippen molar-refractivity contribution in [2.75, 3.05) is 26.1 Å². The van der Waals surface area contributed by atoms with Gasteiger partial charge in [0.05, 0.1) is 32.5 Å². The Labute approximate surface area is 134 Å². The summed E-state index contributed by atoms with van der Waals surface area (Å²) in [6.07, 6.45) is 1.72. The molecule has 23 heavy (non-hydrogen) atoms. The molecule has 124 valence electrons. The van der Waals surface area contributed by atoms with Gasteiger partial charge >= 0.3 is 17.9 Å². The highest BCUT2D eigenvalue weighted by Crippen LogP contribution is 2.14. The van der Waals surface area contributed by atoms with Crippen molar-refractivity contribution in [1.29, 1.82) is 0 Å². The first kappa shape index (κ1) is 18.2. The molecular weight excluding hydrogens is 302 g/mol. The van der Waals surface area contributed by atoms with Crippen molar-refractivity contribution in [1.82, 2.24) is 0 Å². The molecule has 0 unspecified atom stereocenters. The van der Waals surface area contributed by atoms with Crippen LogP contribution in [-0.4, -0.2) is 38.7 Å². The minimum absolute atomic E-state index is 0.0827. The second kappa shape index (κ2) is 9.24. The van der Waals surface area contributed by atoms with Crippen molar-refractivity contribution in [3.8, 4) is 0 Å². The molecule has 0 saturated carbocycles. The number of rotatable bonds is 7. The van der Waals surface area contributed by atoms with Crippen LogP contribution < -0.4 is 5.32 Å². The van der Waals surface area contributed by atoms with Gasteiger partial charge in [0.15, 0.2) is 0 Å². The van der Waals surface area contributed by atoms with Gasteiger partial charge in [-0.25, -0.2) is 14.4 Å². The number of hydrogen-bond acceptors (Lipinski definition) is 7. The van der Waals surface area contributed by atoms with E-state index in [2.05, 4.69) is 14.8 Å². The standard InChI is InChI=1S/C16H19NO6/c1-4-9-23-15(19)11-5-7-12(8-6-11)17-13(16(20)22-3)10-14(18)21-2/h5-8,10,17H,4,9H2,1-3H3/b13-10+. The summed E-state index contributed by atoms with van der Waals surface area (Å²) < 4.78 is 14.1. The van der Waals surface area contributed by atoms with Crippen LogP contribution in [-0.2, 0) is 23.8 Å². The SMILES string of the molecule is CCCOC(=O)c1ccc(N/C(=C/C(=O)OC)C(=O)OC)cc1. The van der Waals surface area contributed by atoms with E-state index in [-0.39, 0.29) is 5.70 Å². The molecule has 1 aromatic carbocycles. The number of methoxy groups -OCH3 is 2. The van der Waals surface area contributed by atoms with E-state index < -0.39 is 17.9 Å². The molecule has 0 heterocycles. The van der Waals surface area contributed by atoms with Gasteiger partial charge in [0.2, 0.25) is 0 Å². The van der Waals surface area contributed by atoms with Gasteiger partial charge in [0.1, 0.15) is 5.70 Å². The van der Waals surface area contributed by atoms with Crippen molar-refractivity contribution >= 4 is 23.6 Å². The average Bonchev–Trinajstić information content (AvgIpc) is 2.58. The summed E-state index contributed by atoms with van der Waals surface area (Å²) in [5, 5.41) is 2.74. The van der Waals surface area contributed by atoms with Crippen LogP contribution in [0.1, 0.15) is 23.7 Å². The van der Waals surface area contributed by atoms with Crippen LogP contribution >= 0.6 is 0 Å². The third-order valence-corrected chi connectivity index (χ3v) is 2.71. The number of nitrogens with one attached hydrogen (secondary N) is 1. The second-order valence-electron chi connectivity index (χ2n) is 4.41. The fourth-order valence-electron chi connectivity index (χ4n) is 1.56. The van der Waals surface area contributed by atoms with Crippen molar-refractivity contribution < 1.29 is 28.6 Å². The predicted octanol–water partition coefficient (Wildman–Crippen LogP) is 1.90. The predicted molar refractivity (Wildman–Crippen MR) is 82.8 cm³/mol. The van der Waals surface area contributed by atoms with Crippen LogP contribution in [0, 0.1) is 0 Å². The molecule has 1 rings (SSSR count). The fraction of sp³-hybridized carbons (Fsp3) is 0.312. The summed E-state index contributed by atoms with van der Waals surface area (Å²) in [4.78, 5) is 34.6. The van der Waals surface area contributed by atoms with Gasteiger partial charge in [-0.15, -0.1) is 0 Å².